The number of aliphatic carboxylic acids is 1. The zero-order valence-electron chi connectivity index (χ0n) is 11.3. The van der Waals surface area contributed by atoms with Gasteiger partial charge >= 0.3 is 12.0 Å². The van der Waals surface area contributed by atoms with E-state index in [0.29, 0.717) is 12.1 Å². The molecule has 21 heavy (non-hydrogen) atoms. The van der Waals surface area contributed by atoms with Gasteiger partial charge in [-0.2, -0.15) is 11.3 Å². The molecule has 0 aliphatic rings. The van der Waals surface area contributed by atoms with E-state index in [2.05, 4.69) is 10.6 Å². The number of carbonyl (C=O) groups excluding carboxylic acids is 1. The minimum Gasteiger partial charge on any atom is -0.479 e. The van der Waals surface area contributed by atoms with Crippen LogP contribution in [-0.2, 0) is 11.2 Å². The molecule has 3 N–H and O–H groups in total. The molecule has 2 rings (SSSR count). The first-order valence-electron chi connectivity index (χ1n) is 6.50. The SMILES string of the molecule is O=C(NCCc1ccsc1)NC(C(=O)O)c1ccccc1. The molecule has 1 heterocycles. The van der Waals surface area contributed by atoms with Gasteiger partial charge in [0.15, 0.2) is 6.04 Å². The second-order valence-electron chi connectivity index (χ2n) is 4.46. The van der Waals surface area contributed by atoms with Crippen LogP contribution in [0.25, 0.3) is 0 Å². The minimum atomic E-state index is -1.09. The Hall–Kier alpha value is -2.34. The molecule has 0 bridgehead atoms. The van der Waals surface area contributed by atoms with Gasteiger partial charge in [-0.25, -0.2) is 9.59 Å². The van der Waals surface area contributed by atoms with Crippen molar-refractivity contribution in [2.75, 3.05) is 6.54 Å². The van der Waals surface area contributed by atoms with E-state index in [9.17, 15) is 14.7 Å². The Morgan fingerprint density at radius 2 is 1.95 bits per heavy atom. The fourth-order valence-electron chi connectivity index (χ4n) is 1.87. The molecule has 1 atom stereocenters. The van der Waals surface area contributed by atoms with Gasteiger partial charge in [0.1, 0.15) is 0 Å². The first kappa shape index (κ1) is 15.1. The summed E-state index contributed by atoms with van der Waals surface area (Å²) >= 11 is 1.60. The third kappa shape index (κ3) is 4.61. The van der Waals surface area contributed by atoms with Crippen LogP contribution in [0.3, 0.4) is 0 Å². The Bertz CT molecular complexity index is 584. The van der Waals surface area contributed by atoms with E-state index < -0.39 is 18.0 Å². The largest absolute Gasteiger partial charge is 0.479 e. The smallest absolute Gasteiger partial charge is 0.330 e. The van der Waals surface area contributed by atoms with Crippen molar-refractivity contribution in [3.8, 4) is 0 Å². The molecule has 110 valence electrons. The normalized spacial score (nSPS) is 11.6. The van der Waals surface area contributed by atoms with Crippen molar-refractivity contribution in [2.45, 2.75) is 12.5 Å². The summed E-state index contributed by atoms with van der Waals surface area (Å²) in [5.41, 5.74) is 1.69. The van der Waals surface area contributed by atoms with Gasteiger partial charge in [0.05, 0.1) is 0 Å². The van der Waals surface area contributed by atoms with Gasteiger partial charge in [-0.15, -0.1) is 0 Å². The Morgan fingerprint density at radius 1 is 1.19 bits per heavy atom. The Balaban J connectivity index is 1.85. The van der Waals surface area contributed by atoms with Crippen LogP contribution in [0.4, 0.5) is 4.79 Å². The van der Waals surface area contributed by atoms with Crippen LogP contribution >= 0.6 is 11.3 Å². The molecule has 0 saturated heterocycles. The standard InChI is InChI=1S/C15H16N2O3S/c18-14(19)13(12-4-2-1-3-5-12)17-15(20)16-8-6-11-7-9-21-10-11/h1-5,7,9-10,13H,6,8H2,(H,18,19)(H2,16,17,20). The van der Waals surface area contributed by atoms with Gasteiger partial charge in [0.2, 0.25) is 0 Å². The zero-order chi connectivity index (χ0) is 15.1. The first-order chi connectivity index (χ1) is 10.2. The maximum atomic E-state index is 11.8. The third-order valence-electron chi connectivity index (χ3n) is 2.93. The summed E-state index contributed by atoms with van der Waals surface area (Å²) < 4.78 is 0. The number of nitrogens with one attached hydrogen (secondary N) is 2. The number of rotatable bonds is 6. The van der Waals surface area contributed by atoms with Crippen LogP contribution in [0.1, 0.15) is 17.2 Å². The topological polar surface area (TPSA) is 78.4 Å². The van der Waals surface area contributed by atoms with Crippen molar-refractivity contribution in [3.05, 3.63) is 58.3 Å². The highest BCUT2D eigenvalue weighted by molar-refractivity contribution is 7.07. The number of hydrogen-bond acceptors (Lipinski definition) is 3. The molecule has 1 aromatic heterocycles. The van der Waals surface area contributed by atoms with Gasteiger partial charge in [-0.3, -0.25) is 0 Å². The minimum absolute atomic E-state index is 0.462. The van der Waals surface area contributed by atoms with Gasteiger partial charge in [-0.05, 0) is 34.4 Å². The maximum absolute atomic E-state index is 11.8. The summed E-state index contributed by atoms with van der Waals surface area (Å²) in [4.78, 5) is 23.0. The molecule has 0 aliphatic carbocycles. The van der Waals surface area contributed by atoms with E-state index in [0.717, 1.165) is 12.0 Å². The molecule has 6 heteroatoms. The molecule has 2 amide bonds. The van der Waals surface area contributed by atoms with Crippen molar-refractivity contribution in [2.24, 2.45) is 0 Å². The summed E-state index contributed by atoms with van der Waals surface area (Å²) in [6.07, 6.45) is 0.722. The molecule has 0 spiro atoms. The van der Waals surface area contributed by atoms with Gasteiger partial charge in [0.25, 0.3) is 0 Å². The molecule has 0 aliphatic heterocycles. The van der Waals surface area contributed by atoms with Crippen LogP contribution in [0.5, 0.6) is 0 Å². The van der Waals surface area contributed by atoms with E-state index in [4.69, 9.17) is 0 Å². The molecule has 0 radical (unpaired) electrons. The van der Waals surface area contributed by atoms with Crippen molar-refractivity contribution in [1.82, 2.24) is 10.6 Å². The lowest BCUT2D eigenvalue weighted by Crippen LogP contribution is -2.41. The molecular weight excluding hydrogens is 288 g/mol. The average Bonchev–Trinajstić information content (AvgIpc) is 2.98. The number of carboxylic acid groups (broad SMARTS) is 1. The Morgan fingerprint density at radius 3 is 2.57 bits per heavy atom. The van der Waals surface area contributed by atoms with Crippen LogP contribution in [0, 0.1) is 0 Å². The highest BCUT2D eigenvalue weighted by Crippen LogP contribution is 2.12. The summed E-state index contributed by atoms with van der Waals surface area (Å²) in [5.74, 6) is -1.09. The maximum Gasteiger partial charge on any atom is 0.330 e. The van der Waals surface area contributed by atoms with E-state index >= 15 is 0 Å². The van der Waals surface area contributed by atoms with Gasteiger partial charge < -0.3 is 15.7 Å². The van der Waals surface area contributed by atoms with Crippen molar-refractivity contribution >= 4 is 23.3 Å². The quantitative estimate of drug-likeness (QED) is 0.767. The second kappa shape index (κ2) is 7.44. The number of urea groups is 1. The van der Waals surface area contributed by atoms with E-state index in [-0.39, 0.29) is 0 Å². The van der Waals surface area contributed by atoms with Crippen LogP contribution in [-0.4, -0.2) is 23.7 Å². The first-order valence-corrected chi connectivity index (χ1v) is 7.44. The van der Waals surface area contributed by atoms with Crippen molar-refractivity contribution < 1.29 is 14.7 Å². The van der Waals surface area contributed by atoms with Gasteiger partial charge in [-0.1, -0.05) is 30.3 Å². The fraction of sp³-hybridized carbons (Fsp3) is 0.200. The van der Waals surface area contributed by atoms with Gasteiger partial charge in [0, 0.05) is 6.54 Å². The summed E-state index contributed by atoms with van der Waals surface area (Å²) in [7, 11) is 0. The van der Waals surface area contributed by atoms with Crippen LogP contribution in [0.2, 0.25) is 0 Å². The molecule has 5 nitrogen and oxygen atoms in total. The molecule has 2 aromatic rings. The van der Waals surface area contributed by atoms with E-state index in [1.54, 1.807) is 41.7 Å². The fourth-order valence-corrected chi connectivity index (χ4v) is 2.57. The Kier molecular flexibility index (Phi) is 5.34. The lowest BCUT2D eigenvalue weighted by molar-refractivity contribution is -0.139. The molecule has 0 saturated carbocycles. The highest BCUT2D eigenvalue weighted by atomic mass is 32.1. The van der Waals surface area contributed by atoms with Crippen molar-refractivity contribution in [3.63, 3.8) is 0 Å². The van der Waals surface area contributed by atoms with Crippen LogP contribution in [0.15, 0.2) is 47.2 Å². The summed E-state index contributed by atoms with van der Waals surface area (Å²) in [6.45, 7) is 0.462. The molecular formula is C15H16N2O3S. The van der Waals surface area contributed by atoms with Crippen molar-refractivity contribution in [1.29, 1.82) is 0 Å². The number of thiophene rings is 1. The number of benzene rings is 1. The molecule has 1 aromatic carbocycles. The summed E-state index contributed by atoms with van der Waals surface area (Å²) in [5, 5.41) is 18.3. The summed E-state index contributed by atoms with van der Waals surface area (Å²) in [6, 6.07) is 9.07. The second-order valence-corrected chi connectivity index (χ2v) is 5.24. The lowest BCUT2D eigenvalue weighted by atomic mass is 10.1. The number of carboxylic acids is 1. The highest BCUT2D eigenvalue weighted by Gasteiger charge is 2.21. The third-order valence-corrected chi connectivity index (χ3v) is 3.67. The van der Waals surface area contributed by atoms with E-state index in [1.807, 2.05) is 16.8 Å². The predicted octanol–water partition coefficient (Wildman–Crippen LogP) is 2.42. The average molecular weight is 304 g/mol. The monoisotopic (exact) mass is 304 g/mol. The number of carbonyl (C=O) groups is 2. The zero-order valence-corrected chi connectivity index (χ0v) is 12.1. The molecule has 1 unspecified atom stereocenters. The number of hydrogen-bond donors (Lipinski definition) is 3. The molecule has 0 fully saturated rings. The van der Waals surface area contributed by atoms with E-state index in [1.165, 1.54) is 0 Å². The van der Waals surface area contributed by atoms with Crippen LogP contribution < -0.4 is 10.6 Å². The number of amides is 2. The lowest BCUT2D eigenvalue weighted by Gasteiger charge is -2.15. The predicted molar refractivity (Wildman–Crippen MR) is 81.4 cm³/mol. The Labute approximate surface area is 126 Å².